The van der Waals surface area contributed by atoms with Crippen LogP contribution in [0.15, 0.2) is 12.1 Å². The van der Waals surface area contributed by atoms with Crippen molar-refractivity contribution in [3.63, 3.8) is 0 Å². The Morgan fingerprint density at radius 2 is 1.93 bits per heavy atom. The van der Waals surface area contributed by atoms with Crippen molar-refractivity contribution in [1.82, 2.24) is 19.5 Å². The summed E-state index contributed by atoms with van der Waals surface area (Å²) >= 11 is 0. The lowest BCUT2D eigenvalue weighted by atomic mass is 9.86. The van der Waals surface area contributed by atoms with Gasteiger partial charge in [-0.25, -0.2) is 9.50 Å². The van der Waals surface area contributed by atoms with E-state index in [1.807, 2.05) is 15.5 Å². The first-order chi connectivity index (χ1) is 13.5. The van der Waals surface area contributed by atoms with Crippen molar-refractivity contribution in [2.24, 2.45) is 5.92 Å². The average Bonchev–Trinajstić information content (AvgIpc) is 3.11. The molecule has 1 aliphatic carbocycles. The molecule has 0 N–H and O–H groups in total. The molecule has 5 heteroatoms. The van der Waals surface area contributed by atoms with Gasteiger partial charge in [-0.3, -0.25) is 4.79 Å². The third-order valence-corrected chi connectivity index (χ3v) is 6.75. The second-order valence-corrected chi connectivity index (χ2v) is 9.33. The van der Waals surface area contributed by atoms with E-state index in [1.165, 1.54) is 38.5 Å². The van der Waals surface area contributed by atoms with Crippen LogP contribution in [0, 0.1) is 5.92 Å². The number of carbonyl (C=O) groups is 1. The van der Waals surface area contributed by atoms with E-state index < -0.39 is 0 Å². The van der Waals surface area contributed by atoms with E-state index in [9.17, 15) is 4.79 Å². The molecule has 152 valence electrons. The number of aromatic nitrogens is 3. The van der Waals surface area contributed by atoms with Crippen LogP contribution in [0.1, 0.15) is 94.0 Å². The van der Waals surface area contributed by atoms with E-state index in [4.69, 9.17) is 4.98 Å². The van der Waals surface area contributed by atoms with Gasteiger partial charge >= 0.3 is 0 Å². The number of hydrogen-bond donors (Lipinski definition) is 0. The van der Waals surface area contributed by atoms with Gasteiger partial charge in [0.2, 0.25) is 0 Å². The minimum Gasteiger partial charge on any atom is -0.332 e. The van der Waals surface area contributed by atoms with Crippen LogP contribution in [0.3, 0.4) is 0 Å². The molecule has 2 aromatic heterocycles. The second-order valence-electron chi connectivity index (χ2n) is 9.33. The molecule has 5 nitrogen and oxygen atoms in total. The van der Waals surface area contributed by atoms with Gasteiger partial charge in [0.1, 0.15) is 0 Å². The Morgan fingerprint density at radius 1 is 1.14 bits per heavy atom. The van der Waals surface area contributed by atoms with Crippen LogP contribution in [0.4, 0.5) is 0 Å². The molecule has 2 aromatic rings. The predicted molar refractivity (Wildman–Crippen MR) is 112 cm³/mol. The van der Waals surface area contributed by atoms with Crippen molar-refractivity contribution < 1.29 is 4.79 Å². The second kappa shape index (κ2) is 7.84. The fourth-order valence-corrected chi connectivity index (χ4v) is 5.02. The van der Waals surface area contributed by atoms with E-state index in [0.717, 1.165) is 55.2 Å². The summed E-state index contributed by atoms with van der Waals surface area (Å²) < 4.78 is 1.88. The zero-order valence-electron chi connectivity index (χ0n) is 17.7. The van der Waals surface area contributed by atoms with Crippen molar-refractivity contribution >= 4 is 11.6 Å². The van der Waals surface area contributed by atoms with Crippen molar-refractivity contribution in [3.05, 3.63) is 29.2 Å². The van der Waals surface area contributed by atoms with Gasteiger partial charge in [0.25, 0.3) is 5.91 Å². The minimum absolute atomic E-state index is 0.0473. The first-order valence-corrected chi connectivity index (χ1v) is 11.2. The molecule has 4 rings (SSSR count). The summed E-state index contributed by atoms with van der Waals surface area (Å²) in [5.41, 5.74) is 3.56. The Labute approximate surface area is 168 Å². The Hall–Kier alpha value is -1.91. The first-order valence-electron chi connectivity index (χ1n) is 11.2. The molecule has 1 saturated carbocycles. The van der Waals surface area contributed by atoms with Gasteiger partial charge in [-0.2, -0.15) is 5.10 Å². The van der Waals surface area contributed by atoms with Crippen LogP contribution in [-0.2, 0) is 12.8 Å². The van der Waals surface area contributed by atoms with E-state index in [-0.39, 0.29) is 11.4 Å². The molecule has 0 aromatic carbocycles. The van der Waals surface area contributed by atoms with Gasteiger partial charge in [-0.1, -0.05) is 39.0 Å². The van der Waals surface area contributed by atoms with E-state index in [2.05, 4.69) is 31.9 Å². The van der Waals surface area contributed by atoms with E-state index in [1.54, 1.807) is 0 Å². The molecular weight excluding hydrogens is 348 g/mol. The van der Waals surface area contributed by atoms with Crippen molar-refractivity contribution in [3.8, 4) is 0 Å². The highest BCUT2D eigenvalue weighted by Gasteiger charge is 2.34. The van der Waals surface area contributed by atoms with Crippen LogP contribution in [0.5, 0.6) is 0 Å². The van der Waals surface area contributed by atoms with Gasteiger partial charge in [-0.15, -0.1) is 0 Å². The van der Waals surface area contributed by atoms with Crippen LogP contribution in [0.2, 0.25) is 0 Å². The zero-order chi connectivity index (χ0) is 19.7. The van der Waals surface area contributed by atoms with E-state index in [0.29, 0.717) is 5.69 Å². The van der Waals surface area contributed by atoms with Crippen LogP contribution >= 0.6 is 0 Å². The summed E-state index contributed by atoms with van der Waals surface area (Å²) in [5.74, 6) is 0.803. The number of nitrogens with zero attached hydrogens (tertiary/aromatic N) is 4. The van der Waals surface area contributed by atoms with E-state index >= 15 is 0 Å². The number of fused-ring (bicyclic) bond motifs is 1. The molecule has 28 heavy (non-hydrogen) atoms. The summed E-state index contributed by atoms with van der Waals surface area (Å²) in [6.07, 6.45) is 12.0. The van der Waals surface area contributed by atoms with Crippen LogP contribution < -0.4 is 0 Å². The third-order valence-electron chi connectivity index (χ3n) is 6.75. The molecule has 2 fully saturated rings. The molecule has 0 atom stereocenters. The van der Waals surface area contributed by atoms with Crippen molar-refractivity contribution in [2.45, 2.75) is 90.5 Å². The SMILES string of the molecule is CCc1cc(CC2CCCCC2)nc2cc(C(=O)N3CCCCC3(C)C)nn12. The zero-order valence-corrected chi connectivity index (χ0v) is 17.7. The summed E-state index contributed by atoms with van der Waals surface area (Å²) in [5, 5.41) is 4.68. The van der Waals surface area contributed by atoms with Gasteiger partial charge in [0, 0.05) is 29.5 Å². The third kappa shape index (κ3) is 3.81. The lowest BCUT2D eigenvalue weighted by Crippen LogP contribution is -2.50. The number of hydrogen-bond acceptors (Lipinski definition) is 3. The molecular formula is C23H34N4O. The average molecular weight is 383 g/mol. The molecule has 2 aliphatic rings. The van der Waals surface area contributed by atoms with Crippen LogP contribution in [0.25, 0.3) is 5.65 Å². The standard InChI is InChI=1S/C23H34N4O/c1-4-19-15-18(14-17-10-6-5-7-11-17)24-21-16-20(25-27(19)21)22(28)26-13-9-8-12-23(26,2)3/h15-17H,4-14H2,1-3H3. The highest BCUT2D eigenvalue weighted by Crippen LogP contribution is 2.29. The maximum atomic E-state index is 13.2. The minimum atomic E-state index is -0.0989. The molecule has 0 unspecified atom stereocenters. The number of likely N-dealkylation sites (tertiary alicyclic amines) is 1. The molecule has 1 saturated heterocycles. The van der Waals surface area contributed by atoms with Gasteiger partial charge in [-0.05, 0) is 57.9 Å². The fraction of sp³-hybridized carbons (Fsp3) is 0.696. The van der Waals surface area contributed by atoms with Gasteiger partial charge in [0.15, 0.2) is 11.3 Å². The lowest BCUT2D eigenvalue weighted by Gasteiger charge is -2.42. The lowest BCUT2D eigenvalue weighted by molar-refractivity contribution is 0.0427. The number of rotatable bonds is 4. The topological polar surface area (TPSA) is 50.5 Å². The number of aryl methyl sites for hydroxylation is 1. The quantitative estimate of drug-likeness (QED) is 0.762. The number of piperidine rings is 1. The largest absolute Gasteiger partial charge is 0.332 e. The monoisotopic (exact) mass is 382 g/mol. The number of carbonyl (C=O) groups excluding carboxylic acids is 1. The van der Waals surface area contributed by atoms with Gasteiger partial charge < -0.3 is 4.90 Å². The smallest absolute Gasteiger partial charge is 0.274 e. The summed E-state index contributed by atoms with van der Waals surface area (Å²) in [6.45, 7) is 7.30. The molecule has 3 heterocycles. The maximum absolute atomic E-state index is 13.2. The van der Waals surface area contributed by atoms with Crippen LogP contribution in [-0.4, -0.2) is 37.5 Å². The molecule has 0 bridgehead atoms. The highest BCUT2D eigenvalue weighted by atomic mass is 16.2. The molecule has 0 radical (unpaired) electrons. The Balaban J connectivity index is 1.63. The Bertz CT molecular complexity index is 848. The van der Waals surface area contributed by atoms with Crippen molar-refractivity contribution in [1.29, 1.82) is 0 Å². The van der Waals surface area contributed by atoms with Crippen molar-refractivity contribution in [2.75, 3.05) is 6.54 Å². The fourth-order valence-electron chi connectivity index (χ4n) is 5.02. The number of amides is 1. The predicted octanol–water partition coefficient (Wildman–Crippen LogP) is 4.82. The van der Waals surface area contributed by atoms with Gasteiger partial charge in [0.05, 0.1) is 0 Å². The normalized spacial score (nSPS) is 20.6. The molecule has 1 aliphatic heterocycles. The Kier molecular flexibility index (Phi) is 5.44. The maximum Gasteiger partial charge on any atom is 0.274 e. The molecule has 1 amide bonds. The Morgan fingerprint density at radius 3 is 2.64 bits per heavy atom. The summed E-state index contributed by atoms with van der Waals surface area (Å²) in [6, 6.07) is 4.10. The summed E-state index contributed by atoms with van der Waals surface area (Å²) in [4.78, 5) is 20.1. The summed E-state index contributed by atoms with van der Waals surface area (Å²) in [7, 11) is 0. The first kappa shape index (κ1) is 19.4. The molecule has 0 spiro atoms. The highest BCUT2D eigenvalue weighted by molar-refractivity contribution is 5.94.